The van der Waals surface area contributed by atoms with Crippen LogP contribution in [0.1, 0.15) is 43.9 Å². The van der Waals surface area contributed by atoms with E-state index in [-0.39, 0.29) is 0 Å². The van der Waals surface area contributed by atoms with Gasteiger partial charge in [0.2, 0.25) is 0 Å². The molecule has 5 heteroatoms. The average Bonchev–Trinajstić information content (AvgIpc) is 2.76. The highest BCUT2D eigenvalue weighted by atomic mass is 15.3. The Morgan fingerprint density at radius 1 is 1.29 bits per heavy atom. The van der Waals surface area contributed by atoms with Crippen molar-refractivity contribution in [3.05, 3.63) is 17.6 Å². The Morgan fingerprint density at radius 2 is 2.12 bits per heavy atom. The third-order valence-electron chi connectivity index (χ3n) is 3.05. The molecule has 0 amide bonds. The fraction of sp³-hybridized carbons (Fsp3) is 0.583. The van der Waals surface area contributed by atoms with Crippen molar-refractivity contribution < 1.29 is 0 Å². The van der Waals surface area contributed by atoms with Gasteiger partial charge in [-0.1, -0.05) is 26.2 Å². The second-order valence-electron chi connectivity index (χ2n) is 4.34. The van der Waals surface area contributed by atoms with Crippen LogP contribution < -0.4 is 5.73 Å². The number of hydrogen-bond acceptors (Lipinski definition) is 4. The molecule has 2 N–H and O–H groups in total. The molecule has 92 valence electrons. The molecule has 5 nitrogen and oxygen atoms in total. The van der Waals surface area contributed by atoms with Crippen molar-refractivity contribution in [3.63, 3.8) is 0 Å². The van der Waals surface area contributed by atoms with E-state index in [2.05, 4.69) is 22.0 Å². The molecule has 0 unspecified atom stereocenters. The minimum atomic E-state index is 0.581. The molecule has 0 saturated carbocycles. The van der Waals surface area contributed by atoms with Gasteiger partial charge in [0.25, 0.3) is 5.78 Å². The molecule has 0 spiro atoms. The molecule has 0 radical (unpaired) electrons. The molecule has 0 saturated heterocycles. The van der Waals surface area contributed by atoms with Crippen LogP contribution in [0.25, 0.3) is 5.78 Å². The van der Waals surface area contributed by atoms with Crippen molar-refractivity contribution in [1.29, 1.82) is 0 Å². The predicted molar refractivity (Wildman–Crippen MR) is 67.8 cm³/mol. The van der Waals surface area contributed by atoms with Crippen LogP contribution in [0.15, 0.2) is 6.33 Å². The SMILES string of the molecule is CCCCCCc1c(C)nc2ncnn2c1N. The summed E-state index contributed by atoms with van der Waals surface area (Å²) >= 11 is 0. The van der Waals surface area contributed by atoms with Crippen molar-refractivity contribution in [2.24, 2.45) is 0 Å². The van der Waals surface area contributed by atoms with Crippen LogP contribution >= 0.6 is 0 Å². The molecule has 0 atom stereocenters. The number of anilines is 1. The van der Waals surface area contributed by atoms with E-state index in [1.165, 1.54) is 25.6 Å². The fourth-order valence-corrected chi connectivity index (χ4v) is 2.05. The van der Waals surface area contributed by atoms with Crippen molar-refractivity contribution in [3.8, 4) is 0 Å². The summed E-state index contributed by atoms with van der Waals surface area (Å²) in [6.07, 6.45) is 7.37. The molecule has 0 aliphatic rings. The van der Waals surface area contributed by atoms with Gasteiger partial charge in [0, 0.05) is 11.3 Å². The topological polar surface area (TPSA) is 69.1 Å². The first-order valence-corrected chi connectivity index (χ1v) is 6.18. The molecule has 2 rings (SSSR count). The monoisotopic (exact) mass is 233 g/mol. The first-order valence-electron chi connectivity index (χ1n) is 6.18. The van der Waals surface area contributed by atoms with E-state index in [9.17, 15) is 0 Å². The van der Waals surface area contributed by atoms with Gasteiger partial charge < -0.3 is 5.73 Å². The molecular formula is C12H19N5. The Bertz CT molecular complexity index is 503. The van der Waals surface area contributed by atoms with E-state index in [1.54, 1.807) is 4.52 Å². The molecule has 2 aromatic heterocycles. The lowest BCUT2D eigenvalue weighted by Crippen LogP contribution is -2.08. The minimum absolute atomic E-state index is 0.581. The number of aryl methyl sites for hydroxylation is 1. The maximum absolute atomic E-state index is 6.10. The van der Waals surface area contributed by atoms with E-state index < -0.39 is 0 Å². The first kappa shape index (κ1) is 11.8. The van der Waals surface area contributed by atoms with Gasteiger partial charge in [0.05, 0.1) is 0 Å². The zero-order chi connectivity index (χ0) is 12.3. The van der Waals surface area contributed by atoms with Crippen LogP contribution in [0, 0.1) is 6.92 Å². The normalized spacial score (nSPS) is 11.2. The van der Waals surface area contributed by atoms with Gasteiger partial charge >= 0.3 is 0 Å². The third-order valence-corrected chi connectivity index (χ3v) is 3.05. The van der Waals surface area contributed by atoms with E-state index in [0.717, 1.165) is 24.1 Å². The van der Waals surface area contributed by atoms with Crippen molar-refractivity contribution in [2.45, 2.75) is 46.0 Å². The van der Waals surface area contributed by atoms with Crippen LogP contribution in [0.3, 0.4) is 0 Å². The number of unbranched alkanes of at least 4 members (excludes halogenated alkanes) is 3. The minimum Gasteiger partial charge on any atom is -0.383 e. The number of nitrogens with zero attached hydrogens (tertiary/aromatic N) is 4. The Balaban J connectivity index is 2.20. The highest BCUT2D eigenvalue weighted by Crippen LogP contribution is 2.18. The smallest absolute Gasteiger partial charge is 0.254 e. The van der Waals surface area contributed by atoms with E-state index in [1.807, 2.05) is 6.92 Å². The molecule has 0 aliphatic heterocycles. The van der Waals surface area contributed by atoms with Crippen LogP contribution in [-0.2, 0) is 6.42 Å². The lowest BCUT2D eigenvalue weighted by atomic mass is 10.1. The summed E-state index contributed by atoms with van der Waals surface area (Å²) in [5.41, 5.74) is 8.18. The second-order valence-corrected chi connectivity index (χ2v) is 4.34. The lowest BCUT2D eigenvalue weighted by Gasteiger charge is -2.09. The van der Waals surface area contributed by atoms with Gasteiger partial charge in [-0.05, 0) is 19.8 Å². The van der Waals surface area contributed by atoms with E-state index in [0.29, 0.717) is 11.6 Å². The summed E-state index contributed by atoms with van der Waals surface area (Å²) in [6.45, 7) is 4.20. The summed E-state index contributed by atoms with van der Waals surface area (Å²) < 4.78 is 1.61. The summed E-state index contributed by atoms with van der Waals surface area (Å²) in [5.74, 6) is 1.26. The highest BCUT2D eigenvalue weighted by Gasteiger charge is 2.10. The van der Waals surface area contributed by atoms with Crippen LogP contribution in [0.4, 0.5) is 5.82 Å². The van der Waals surface area contributed by atoms with Gasteiger partial charge in [-0.15, -0.1) is 0 Å². The zero-order valence-electron chi connectivity index (χ0n) is 10.5. The lowest BCUT2D eigenvalue weighted by molar-refractivity contribution is 0.663. The highest BCUT2D eigenvalue weighted by molar-refractivity contribution is 5.49. The largest absolute Gasteiger partial charge is 0.383 e. The van der Waals surface area contributed by atoms with Crippen LogP contribution in [0.2, 0.25) is 0 Å². The van der Waals surface area contributed by atoms with Gasteiger partial charge in [0.15, 0.2) is 0 Å². The molecular weight excluding hydrogens is 214 g/mol. The third kappa shape index (κ3) is 2.38. The molecule has 0 aromatic carbocycles. The Kier molecular flexibility index (Phi) is 3.56. The molecule has 2 aromatic rings. The number of rotatable bonds is 5. The summed E-state index contributed by atoms with van der Waals surface area (Å²) in [6, 6.07) is 0. The zero-order valence-corrected chi connectivity index (χ0v) is 10.5. The van der Waals surface area contributed by atoms with Crippen molar-refractivity contribution in [1.82, 2.24) is 19.6 Å². The van der Waals surface area contributed by atoms with E-state index >= 15 is 0 Å². The fourth-order valence-electron chi connectivity index (χ4n) is 2.05. The molecule has 0 bridgehead atoms. The maximum Gasteiger partial charge on any atom is 0.254 e. The molecule has 17 heavy (non-hydrogen) atoms. The predicted octanol–water partition coefficient (Wildman–Crippen LogP) is 2.14. The second kappa shape index (κ2) is 5.12. The summed E-state index contributed by atoms with van der Waals surface area (Å²) in [4.78, 5) is 8.46. The molecule has 0 fully saturated rings. The maximum atomic E-state index is 6.10. The number of aromatic nitrogens is 4. The van der Waals surface area contributed by atoms with Crippen LogP contribution in [-0.4, -0.2) is 19.6 Å². The first-order chi connectivity index (χ1) is 8.24. The van der Waals surface area contributed by atoms with Gasteiger partial charge in [-0.25, -0.2) is 4.98 Å². The van der Waals surface area contributed by atoms with E-state index in [4.69, 9.17) is 5.73 Å². The average molecular weight is 233 g/mol. The van der Waals surface area contributed by atoms with Crippen molar-refractivity contribution >= 4 is 11.6 Å². The van der Waals surface area contributed by atoms with Gasteiger partial charge in [0.1, 0.15) is 12.1 Å². The Morgan fingerprint density at radius 3 is 2.88 bits per heavy atom. The number of hydrogen-bond donors (Lipinski definition) is 1. The number of fused-ring (bicyclic) bond motifs is 1. The standard InChI is InChI=1S/C12H19N5/c1-3-4-5-6-7-10-9(2)16-12-14-8-15-17(12)11(10)13/h8H,3-7,13H2,1-2H3. The number of nitrogens with two attached hydrogens (primary N) is 1. The molecule has 2 heterocycles. The van der Waals surface area contributed by atoms with Gasteiger partial charge in [-0.2, -0.15) is 14.6 Å². The quantitative estimate of drug-likeness (QED) is 0.803. The summed E-state index contributed by atoms with van der Waals surface area (Å²) in [7, 11) is 0. The van der Waals surface area contributed by atoms with Gasteiger partial charge in [-0.3, -0.25) is 0 Å². The van der Waals surface area contributed by atoms with Crippen LogP contribution in [0.5, 0.6) is 0 Å². The van der Waals surface area contributed by atoms with Crippen molar-refractivity contribution in [2.75, 3.05) is 5.73 Å². The Hall–Kier alpha value is -1.65. The summed E-state index contributed by atoms with van der Waals surface area (Å²) in [5, 5.41) is 4.08. The number of nitrogen functional groups attached to an aromatic ring is 1. The Labute approximate surface area is 101 Å². The molecule has 0 aliphatic carbocycles.